The van der Waals surface area contributed by atoms with Gasteiger partial charge < -0.3 is 21.7 Å². The SMILES string of the molecule is NCc1cccc(CNC(=O)N[C@@H]2CCCC[C@H]2NC(=O)c2ccccc2)c1. The molecule has 5 N–H and O–H groups in total. The number of benzene rings is 2. The van der Waals surface area contributed by atoms with Gasteiger partial charge in [-0.1, -0.05) is 55.3 Å². The lowest BCUT2D eigenvalue weighted by atomic mass is 9.90. The largest absolute Gasteiger partial charge is 0.347 e. The zero-order valence-electron chi connectivity index (χ0n) is 16.0. The molecule has 2 aromatic rings. The zero-order chi connectivity index (χ0) is 19.8. The average Bonchev–Trinajstić information content (AvgIpc) is 2.74. The molecule has 0 unspecified atom stereocenters. The maximum Gasteiger partial charge on any atom is 0.315 e. The van der Waals surface area contributed by atoms with Crippen molar-refractivity contribution in [3.8, 4) is 0 Å². The van der Waals surface area contributed by atoms with Gasteiger partial charge in [0.05, 0.1) is 6.04 Å². The lowest BCUT2D eigenvalue weighted by Gasteiger charge is -2.32. The predicted molar refractivity (Wildman–Crippen MR) is 110 cm³/mol. The molecule has 1 saturated carbocycles. The Morgan fingerprint density at radius 1 is 0.893 bits per heavy atom. The summed E-state index contributed by atoms with van der Waals surface area (Å²) in [7, 11) is 0. The van der Waals surface area contributed by atoms with E-state index in [-0.39, 0.29) is 24.0 Å². The Morgan fingerprint density at radius 3 is 2.29 bits per heavy atom. The number of carbonyl (C=O) groups excluding carboxylic acids is 2. The third-order valence-corrected chi connectivity index (χ3v) is 5.12. The Hall–Kier alpha value is -2.86. The van der Waals surface area contributed by atoms with Gasteiger partial charge in [-0.2, -0.15) is 0 Å². The monoisotopic (exact) mass is 380 g/mol. The van der Waals surface area contributed by atoms with Crippen LogP contribution < -0.4 is 21.7 Å². The fraction of sp³-hybridized carbons (Fsp3) is 0.364. The van der Waals surface area contributed by atoms with Crippen LogP contribution in [0.5, 0.6) is 0 Å². The van der Waals surface area contributed by atoms with Gasteiger partial charge in [0, 0.05) is 24.7 Å². The summed E-state index contributed by atoms with van der Waals surface area (Å²) < 4.78 is 0. The highest BCUT2D eigenvalue weighted by Crippen LogP contribution is 2.19. The minimum Gasteiger partial charge on any atom is -0.347 e. The molecule has 1 fully saturated rings. The molecular formula is C22H28N4O2. The van der Waals surface area contributed by atoms with E-state index in [0.717, 1.165) is 36.8 Å². The summed E-state index contributed by atoms with van der Waals surface area (Å²) in [6.45, 7) is 0.915. The first-order valence-corrected chi connectivity index (χ1v) is 9.84. The second-order valence-electron chi connectivity index (χ2n) is 7.19. The molecule has 6 nitrogen and oxygen atoms in total. The van der Waals surface area contributed by atoms with Crippen LogP contribution in [0.25, 0.3) is 0 Å². The van der Waals surface area contributed by atoms with E-state index >= 15 is 0 Å². The quantitative estimate of drug-likeness (QED) is 0.620. The molecule has 2 aromatic carbocycles. The molecule has 0 aliphatic heterocycles. The van der Waals surface area contributed by atoms with Crippen molar-refractivity contribution in [2.75, 3.05) is 0 Å². The smallest absolute Gasteiger partial charge is 0.315 e. The number of rotatable bonds is 6. The molecule has 6 heteroatoms. The Labute approximate surface area is 165 Å². The number of carbonyl (C=O) groups is 2. The summed E-state index contributed by atoms with van der Waals surface area (Å²) in [5.74, 6) is -0.0988. The molecular weight excluding hydrogens is 352 g/mol. The number of nitrogens with two attached hydrogens (primary N) is 1. The fourth-order valence-corrected chi connectivity index (χ4v) is 3.59. The number of hydrogen-bond donors (Lipinski definition) is 4. The van der Waals surface area contributed by atoms with Gasteiger partial charge in [0.25, 0.3) is 5.91 Å². The molecule has 1 aliphatic carbocycles. The van der Waals surface area contributed by atoms with Gasteiger partial charge in [-0.15, -0.1) is 0 Å². The van der Waals surface area contributed by atoms with Crippen molar-refractivity contribution in [1.29, 1.82) is 0 Å². The van der Waals surface area contributed by atoms with Crippen LogP contribution in [-0.2, 0) is 13.1 Å². The molecule has 0 saturated heterocycles. The van der Waals surface area contributed by atoms with E-state index in [2.05, 4.69) is 16.0 Å². The van der Waals surface area contributed by atoms with E-state index in [9.17, 15) is 9.59 Å². The highest BCUT2D eigenvalue weighted by molar-refractivity contribution is 5.94. The lowest BCUT2D eigenvalue weighted by molar-refractivity contribution is 0.0916. The predicted octanol–water partition coefficient (Wildman–Crippen LogP) is 2.69. The minimum absolute atomic E-state index is 0.0622. The van der Waals surface area contributed by atoms with Gasteiger partial charge in [-0.05, 0) is 36.1 Å². The van der Waals surface area contributed by atoms with Gasteiger partial charge in [0.2, 0.25) is 0 Å². The maximum absolute atomic E-state index is 12.5. The molecule has 0 spiro atoms. The summed E-state index contributed by atoms with van der Waals surface area (Å²) >= 11 is 0. The Balaban J connectivity index is 1.53. The fourth-order valence-electron chi connectivity index (χ4n) is 3.59. The molecule has 0 aromatic heterocycles. The van der Waals surface area contributed by atoms with Crippen LogP contribution in [-0.4, -0.2) is 24.0 Å². The van der Waals surface area contributed by atoms with E-state index < -0.39 is 0 Å². The number of amides is 3. The van der Waals surface area contributed by atoms with Gasteiger partial charge in [0.1, 0.15) is 0 Å². The average molecular weight is 380 g/mol. The highest BCUT2D eigenvalue weighted by Gasteiger charge is 2.28. The molecule has 1 aliphatic rings. The third-order valence-electron chi connectivity index (χ3n) is 5.12. The first kappa shape index (κ1) is 19.9. The highest BCUT2D eigenvalue weighted by atomic mass is 16.2. The second kappa shape index (κ2) is 9.90. The van der Waals surface area contributed by atoms with Gasteiger partial charge >= 0.3 is 6.03 Å². The molecule has 0 heterocycles. The van der Waals surface area contributed by atoms with Gasteiger partial charge in [0.15, 0.2) is 0 Å². The summed E-state index contributed by atoms with van der Waals surface area (Å²) in [4.78, 5) is 24.8. The first-order chi connectivity index (χ1) is 13.7. The third kappa shape index (κ3) is 5.57. The van der Waals surface area contributed by atoms with E-state index in [1.54, 1.807) is 12.1 Å². The number of urea groups is 1. The topological polar surface area (TPSA) is 96.2 Å². The first-order valence-electron chi connectivity index (χ1n) is 9.84. The van der Waals surface area contributed by atoms with Gasteiger partial charge in [-0.25, -0.2) is 4.79 Å². The maximum atomic E-state index is 12.5. The summed E-state index contributed by atoms with van der Waals surface area (Å²) in [5, 5.41) is 9.02. The van der Waals surface area contributed by atoms with Crippen molar-refractivity contribution in [2.45, 2.75) is 50.9 Å². The van der Waals surface area contributed by atoms with Crippen molar-refractivity contribution >= 4 is 11.9 Å². The van der Waals surface area contributed by atoms with Crippen LogP contribution in [0.4, 0.5) is 4.79 Å². The van der Waals surface area contributed by atoms with Crippen molar-refractivity contribution in [2.24, 2.45) is 5.73 Å². The van der Waals surface area contributed by atoms with Crippen molar-refractivity contribution in [3.05, 3.63) is 71.3 Å². The van der Waals surface area contributed by atoms with Crippen LogP contribution in [0.15, 0.2) is 54.6 Å². The molecule has 3 rings (SSSR count). The van der Waals surface area contributed by atoms with E-state index in [1.807, 2.05) is 42.5 Å². The van der Waals surface area contributed by atoms with Gasteiger partial charge in [-0.3, -0.25) is 4.79 Å². The standard InChI is InChI=1S/C22H28N4O2/c23-14-16-7-6-8-17(13-16)15-24-22(28)26-20-12-5-4-11-19(20)25-21(27)18-9-2-1-3-10-18/h1-3,6-10,13,19-20H,4-5,11-12,14-15,23H2,(H,25,27)(H2,24,26,28)/t19-,20-/m1/s1. The summed E-state index contributed by atoms with van der Waals surface area (Å²) in [6.07, 6.45) is 3.81. The number of nitrogens with one attached hydrogen (secondary N) is 3. The normalized spacial score (nSPS) is 18.9. The molecule has 3 amide bonds. The zero-order valence-corrected chi connectivity index (χ0v) is 16.0. The lowest BCUT2D eigenvalue weighted by Crippen LogP contribution is -2.55. The molecule has 148 valence electrons. The Kier molecular flexibility index (Phi) is 7.03. The van der Waals surface area contributed by atoms with Crippen LogP contribution >= 0.6 is 0 Å². The number of hydrogen-bond acceptors (Lipinski definition) is 3. The van der Waals surface area contributed by atoms with E-state index in [0.29, 0.717) is 18.7 Å². The van der Waals surface area contributed by atoms with Crippen molar-refractivity contribution in [3.63, 3.8) is 0 Å². The van der Waals surface area contributed by atoms with Crippen molar-refractivity contribution < 1.29 is 9.59 Å². The van der Waals surface area contributed by atoms with Crippen LogP contribution in [0, 0.1) is 0 Å². The summed E-state index contributed by atoms with van der Waals surface area (Å²) in [6, 6.07) is 16.7. The van der Waals surface area contributed by atoms with Crippen molar-refractivity contribution in [1.82, 2.24) is 16.0 Å². The van der Waals surface area contributed by atoms with Crippen LogP contribution in [0.1, 0.15) is 47.2 Å². The second-order valence-corrected chi connectivity index (χ2v) is 7.19. The Morgan fingerprint density at radius 2 is 1.57 bits per heavy atom. The molecule has 28 heavy (non-hydrogen) atoms. The molecule has 2 atom stereocenters. The summed E-state index contributed by atoms with van der Waals surface area (Å²) in [5.41, 5.74) is 8.34. The van der Waals surface area contributed by atoms with E-state index in [4.69, 9.17) is 5.73 Å². The minimum atomic E-state index is -0.219. The van der Waals surface area contributed by atoms with E-state index in [1.165, 1.54) is 0 Å². The molecule has 0 radical (unpaired) electrons. The Bertz CT molecular complexity index is 794. The van der Waals surface area contributed by atoms with Crippen LogP contribution in [0.3, 0.4) is 0 Å². The van der Waals surface area contributed by atoms with Crippen LogP contribution in [0.2, 0.25) is 0 Å². The molecule has 0 bridgehead atoms.